The third-order valence-electron chi connectivity index (χ3n) is 3.13. The third kappa shape index (κ3) is 3.59. The van der Waals surface area contributed by atoms with Crippen LogP contribution in [0.4, 0.5) is 0 Å². The van der Waals surface area contributed by atoms with Crippen molar-refractivity contribution in [2.45, 2.75) is 19.9 Å². The van der Waals surface area contributed by atoms with Crippen LogP contribution in [0.5, 0.6) is 0 Å². The Kier molecular flexibility index (Phi) is 5.41. The standard InChI is InChI=1S/C15H14BrNO3S2/c1-8(2)12(14(19)20)17-13(18)11(22-15(17)21)7-9-4-3-5-10(16)6-9/h3-8,12H,1-2H3,(H,19,20)/b11-7+/t12-/m1/s1. The minimum absolute atomic E-state index is 0.231. The molecule has 4 nitrogen and oxygen atoms in total. The Morgan fingerprint density at radius 1 is 1.45 bits per heavy atom. The van der Waals surface area contributed by atoms with Crippen molar-refractivity contribution in [3.63, 3.8) is 0 Å². The molecule has 1 aliphatic heterocycles. The molecule has 0 aliphatic carbocycles. The second kappa shape index (κ2) is 6.93. The van der Waals surface area contributed by atoms with Crippen molar-refractivity contribution in [2.24, 2.45) is 5.92 Å². The zero-order valence-corrected chi connectivity index (χ0v) is 15.2. The molecule has 7 heteroatoms. The highest BCUT2D eigenvalue weighted by molar-refractivity contribution is 9.10. The average Bonchev–Trinajstić information content (AvgIpc) is 2.66. The summed E-state index contributed by atoms with van der Waals surface area (Å²) in [5.74, 6) is -1.63. The number of halogens is 1. The van der Waals surface area contributed by atoms with Crippen LogP contribution in [0.2, 0.25) is 0 Å². The first-order chi connectivity index (χ1) is 10.3. The maximum Gasteiger partial charge on any atom is 0.327 e. The third-order valence-corrected chi connectivity index (χ3v) is 4.96. The lowest BCUT2D eigenvalue weighted by Crippen LogP contribution is -2.47. The van der Waals surface area contributed by atoms with Gasteiger partial charge in [0.1, 0.15) is 10.4 Å². The van der Waals surface area contributed by atoms with E-state index in [0.29, 0.717) is 4.91 Å². The number of aliphatic carboxylic acids is 1. The fourth-order valence-corrected chi connectivity index (χ4v) is 3.91. The summed E-state index contributed by atoms with van der Waals surface area (Å²) in [6.07, 6.45) is 1.73. The van der Waals surface area contributed by atoms with Gasteiger partial charge in [0.2, 0.25) is 0 Å². The van der Waals surface area contributed by atoms with Crippen LogP contribution in [-0.4, -0.2) is 32.2 Å². The first-order valence-corrected chi connectivity index (χ1v) is 8.58. The topological polar surface area (TPSA) is 57.6 Å². The lowest BCUT2D eigenvalue weighted by atomic mass is 10.0. The van der Waals surface area contributed by atoms with Crippen molar-refractivity contribution < 1.29 is 14.7 Å². The van der Waals surface area contributed by atoms with Crippen LogP contribution in [0.25, 0.3) is 6.08 Å². The van der Waals surface area contributed by atoms with E-state index in [-0.39, 0.29) is 16.1 Å². The van der Waals surface area contributed by atoms with E-state index in [1.54, 1.807) is 19.9 Å². The number of thiocarbonyl (C=S) groups is 1. The maximum atomic E-state index is 12.5. The molecule has 22 heavy (non-hydrogen) atoms. The van der Waals surface area contributed by atoms with E-state index in [2.05, 4.69) is 15.9 Å². The van der Waals surface area contributed by atoms with Crippen LogP contribution in [0.15, 0.2) is 33.6 Å². The molecule has 1 aromatic carbocycles. The molecule has 1 amide bonds. The second-order valence-electron chi connectivity index (χ2n) is 5.13. The highest BCUT2D eigenvalue weighted by Crippen LogP contribution is 2.35. The van der Waals surface area contributed by atoms with Gasteiger partial charge in [-0.15, -0.1) is 0 Å². The van der Waals surface area contributed by atoms with Gasteiger partial charge in [0.25, 0.3) is 5.91 Å². The van der Waals surface area contributed by atoms with E-state index in [4.69, 9.17) is 12.2 Å². The van der Waals surface area contributed by atoms with Crippen molar-refractivity contribution in [2.75, 3.05) is 0 Å². The van der Waals surface area contributed by atoms with Gasteiger partial charge in [-0.2, -0.15) is 0 Å². The predicted molar refractivity (Wildman–Crippen MR) is 95.4 cm³/mol. The number of nitrogens with zero attached hydrogens (tertiary/aromatic N) is 1. The zero-order valence-electron chi connectivity index (χ0n) is 11.9. The monoisotopic (exact) mass is 399 g/mol. The lowest BCUT2D eigenvalue weighted by molar-refractivity contribution is -0.146. The number of carboxylic acid groups (broad SMARTS) is 1. The summed E-state index contributed by atoms with van der Waals surface area (Å²) in [7, 11) is 0. The molecule has 0 bridgehead atoms. The van der Waals surface area contributed by atoms with Gasteiger partial charge in [-0.25, -0.2) is 4.79 Å². The van der Waals surface area contributed by atoms with Gasteiger partial charge in [0, 0.05) is 4.47 Å². The second-order valence-corrected chi connectivity index (χ2v) is 7.73. The number of amides is 1. The summed E-state index contributed by atoms with van der Waals surface area (Å²) in [5.41, 5.74) is 0.853. The molecular weight excluding hydrogens is 386 g/mol. The predicted octanol–water partition coefficient (Wildman–Crippen LogP) is 3.76. The molecule has 1 aromatic rings. The van der Waals surface area contributed by atoms with Crippen molar-refractivity contribution >= 4 is 62.2 Å². The van der Waals surface area contributed by atoms with Gasteiger partial charge in [-0.05, 0) is 29.7 Å². The van der Waals surface area contributed by atoms with Crippen molar-refractivity contribution in [1.29, 1.82) is 0 Å². The number of hydrogen-bond acceptors (Lipinski definition) is 4. The maximum absolute atomic E-state index is 12.5. The molecule has 2 rings (SSSR count). The van der Waals surface area contributed by atoms with Gasteiger partial charge < -0.3 is 5.11 Å². The Labute approximate surface area is 146 Å². The lowest BCUT2D eigenvalue weighted by Gasteiger charge is -2.26. The molecule has 1 N–H and O–H groups in total. The highest BCUT2D eigenvalue weighted by atomic mass is 79.9. The SMILES string of the molecule is CC(C)[C@H](C(=O)O)N1C(=O)/C(=C\c2cccc(Br)c2)SC1=S. The van der Waals surface area contributed by atoms with Gasteiger partial charge in [-0.1, -0.05) is 65.9 Å². The molecule has 1 heterocycles. The summed E-state index contributed by atoms with van der Waals surface area (Å²) in [4.78, 5) is 25.6. The van der Waals surface area contributed by atoms with E-state index < -0.39 is 12.0 Å². The van der Waals surface area contributed by atoms with E-state index in [9.17, 15) is 14.7 Å². The molecule has 116 valence electrons. The Morgan fingerprint density at radius 2 is 2.14 bits per heavy atom. The molecule has 0 radical (unpaired) electrons. The summed E-state index contributed by atoms with van der Waals surface area (Å²) >= 11 is 9.72. The van der Waals surface area contributed by atoms with Gasteiger partial charge in [0.05, 0.1) is 4.91 Å². The summed E-state index contributed by atoms with van der Waals surface area (Å²) in [5, 5.41) is 9.36. The summed E-state index contributed by atoms with van der Waals surface area (Å²) < 4.78 is 1.19. The van der Waals surface area contributed by atoms with E-state index in [1.165, 1.54) is 4.90 Å². The number of carboxylic acids is 1. The van der Waals surface area contributed by atoms with Crippen LogP contribution in [0.3, 0.4) is 0 Å². The number of rotatable bonds is 4. The fraction of sp³-hybridized carbons (Fsp3) is 0.267. The minimum atomic E-state index is -1.05. The molecule has 0 aromatic heterocycles. The molecule has 1 aliphatic rings. The van der Waals surface area contributed by atoms with E-state index in [1.807, 2.05) is 24.3 Å². The first-order valence-electron chi connectivity index (χ1n) is 6.56. The largest absolute Gasteiger partial charge is 0.480 e. The molecule has 1 atom stereocenters. The Balaban J connectivity index is 2.34. The molecule has 0 unspecified atom stereocenters. The molecule has 1 fully saturated rings. The Hall–Kier alpha value is -1.18. The number of benzene rings is 1. The van der Waals surface area contributed by atoms with Crippen molar-refractivity contribution in [3.8, 4) is 0 Å². The number of thioether (sulfide) groups is 1. The fourth-order valence-electron chi connectivity index (χ4n) is 2.16. The molecule has 0 spiro atoms. The van der Waals surface area contributed by atoms with Gasteiger partial charge in [0.15, 0.2) is 0 Å². The zero-order chi connectivity index (χ0) is 16.4. The summed E-state index contributed by atoms with van der Waals surface area (Å²) in [6, 6.07) is 6.56. The van der Waals surface area contributed by atoms with Gasteiger partial charge >= 0.3 is 5.97 Å². The van der Waals surface area contributed by atoms with E-state index in [0.717, 1.165) is 21.8 Å². The average molecular weight is 400 g/mol. The van der Waals surface area contributed by atoms with Crippen LogP contribution in [0.1, 0.15) is 19.4 Å². The molecule has 0 saturated carbocycles. The highest BCUT2D eigenvalue weighted by Gasteiger charge is 2.41. The molecular formula is C15H14BrNO3S2. The normalized spacial score (nSPS) is 18.4. The van der Waals surface area contributed by atoms with Crippen LogP contribution in [-0.2, 0) is 9.59 Å². The smallest absolute Gasteiger partial charge is 0.327 e. The van der Waals surface area contributed by atoms with E-state index >= 15 is 0 Å². The summed E-state index contributed by atoms with van der Waals surface area (Å²) in [6.45, 7) is 3.52. The number of carbonyl (C=O) groups is 2. The quantitative estimate of drug-likeness (QED) is 0.616. The van der Waals surface area contributed by atoms with Crippen molar-refractivity contribution in [1.82, 2.24) is 4.90 Å². The Bertz CT molecular complexity index is 673. The minimum Gasteiger partial charge on any atom is -0.480 e. The van der Waals surface area contributed by atoms with Gasteiger partial charge in [-0.3, -0.25) is 9.69 Å². The first kappa shape index (κ1) is 17.2. The number of carbonyl (C=O) groups excluding carboxylic acids is 1. The van der Waals surface area contributed by atoms with Crippen LogP contribution in [0, 0.1) is 5.92 Å². The van der Waals surface area contributed by atoms with Crippen molar-refractivity contribution in [3.05, 3.63) is 39.2 Å². The van der Waals surface area contributed by atoms with Crippen LogP contribution < -0.4 is 0 Å². The molecule has 1 saturated heterocycles. The van der Waals surface area contributed by atoms with Crippen LogP contribution >= 0.6 is 39.9 Å². The number of hydrogen-bond donors (Lipinski definition) is 1. The Morgan fingerprint density at radius 3 is 2.68 bits per heavy atom.